The SMILES string of the molecule is C=CC(O)c1ccc(CS(=O)(=O)Nc2cc3oc(-c4ccc(F)cc4)c(C(=O)NC)c3cc2C2CC2)cc1Cl. The third-order valence-corrected chi connectivity index (χ3v) is 8.24. The van der Waals surface area contributed by atoms with Gasteiger partial charge in [-0.2, -0.15) is 0 Å². The third kappa shape index (κ3) is 5.56. The summed E-state index contributed by atoms with van der Waals surface area (Å²) < 4.78 is 48.7. The van der Waals surface area contributed by atoms with Crippen LogP contribution in [0.4, 0.5) is 10.1 Å². The van der Waals surface area contributed by atoms with E-state index in [4.69, 9.17) is 16.0 Å². The average molecular weight is 569 g/mol. The molecule has 3 N–H and O–H groups in total. The molecule has 1 aromatic heterocycles. The molecule has 0 radical (unpaired) electrons. The number of aliphatic hydroxyl groups is 1. The number of fused-ring (bicyclic) bond motifs is 1. The Morgan fingerprint density at radius 3 is 2.54 bits per heavy atom. The Morgan fingerprint density at radius 1 is 1.21 bits per heavy atom. The zero-order chi connectivity index (χ0) is 27.9. The first-order valence-electron chi connectivity index (χ1n) is 12.3. The number of hydrogen-bond acceptors (Lipinski definition) is 5. The maximum Gasteiger partial charge on any atom is 0.255 e. The number of furan rings is 1. The second-order valence-electron chi connectivity index (χ2n) is 9.50. The highest BCUT2D eigenvalue weighted by Crippen LogP contribution is 2.47. The molecule has 1 aliphatic carbocycles. The Hall–Kier alpha value is -3.66. The van der Waals surface area contributed by atoms with Crippen LogP contribution in [0.15, 0.2) is 71.7 Å². The first-order valence-corrected chi connectivity index (χ1v) is 14.3. The van der Waals surface area contributed by atoms with Crippen LogP contribution in [0.25, 0.3) is 22.3 Å². The summed E-state index contributed by atoms with van der Waals surface area (Å²) in [6.07, 6.45) is 2.16. The second-order valence-corrected chi connectivity index (χ2v) is 11.6. The van der Waals surface area contributed by atoms with Gasteiger partial charge in [0, 0.05) is 34.6 Å². The largest absolute Gasteiger partial charge is 0.455 e. The van der Waals surface area contributed by atoms with Gasteiger partial charge in [-0.05, 0) is 66.3 Å². The highest BCUT2D eigenvalue weighted by Gasteiger charge is 2.31. The van der Waals surface area contributed by atoms with Gasteiger partial charge in [0.25, 0.3) is 5.91 Å². The van der Waals surface area contributed by atoms with Gasteiger partial charge in [0.2, 0.25) is 10.0 Å². The van der Waals surface area contributed by atoms with Crippen molar-refractivity contribution < 1.29 is 27.1 Å². The van der Waals surface area contributed by atoms with Gasteiger partial charge in [-0.25, -0.2) is 12.8 Å². The van der Waals surface area contributed by atoms with Crippen LogP contribution in [0.3, 0.4) is 0 Å². The zero-order valence-corrected chi connectivity index (χ0v) is 22.6. The molecule has 1 fully saturated rings. The molecule has 0 saturated heterocycles. The van der Waals surface area contributed by atoms with Crippen molar-refractivity contribution in [2.24, 2.45) is 0 Å². The fourth-order valence-electron chi connectivity index (χ4n) is 4.59. The molecule has 39 heavy (non-hydrogen) atoms. The summed E-state index contributed by atoms with van der Waals surface area (Å²) in [5, 5.41) is 13.4. The quantitative estimate of drug-likeness (QED) is 0.206. The summed E-state index contributed by atoms with van der Waals surface area (Å²) in [6, 6.07) is 13.7. The third-order valence-electron chi connectivity index (χ3n) is 6.67. The van der Waals surface area contributed by atoms with Crippen LogP contribution in [0, 0.1) is 5.82 Å². The molecule has 0 spiro atoms. The number of benzene rings is 3. The molecule has 0 bridgehead atoms. The number of rotatable bonds is 9. The number of halogens is 2. The van der Waals surface area contributed by atoms with Crippen LogP contribution in [0.2, 0.25) is 5.02 Å². The number of hydrogen-bond donors (Lipinski definition) is 3. The molecule has 10 heteroatoms. The number of sulfonamides is 1. The van der Waals surface area contributed by atoms with Gasteiger partial charge in [-0.3, -0.25) is 9.52 Å². The fraction of sp³-hybridized carbons (Fsp3) is 0.207. The molecule has 5 rings (SSSR count). The van der Waals surface area contributed by atoms with E-state index in [1.165, 1.54) is 43.5 Å². The Bertz CT molecular complexity index is 1700. The number of carbonyl (C=O) groups is 1. The van der Waals surface area contributed by atoms with Gasteiger partial charge in [0.1, 0.15) is 17.2 Å². The minimum Gasteiger partial charge on any atom is -0.455 e. The molecule has 1 unspecified atom stereocenters. The topological polar surface area (TPSA) is 109 Å². The van der Waals surface area contributed by atoms with E-state index < -0.39 is 21.9 Å². The van der Waals surface area contributed by atoms with Crippen LogP contribution < -0.4 is 10.0 Å². The lowest BCUT2D eigenvalue weighted by Gasteiger charge is -2.14. The molecule has 1 heterocycles. The van der Waals surface area contributed by atoms with Gasteiger partial charge in [0.05, 0.1) is 23.1 Å². The predicted molar refractivity (Wildman–Crippen MR) is 150 cm³/mol. The molecular formula is C29H26ClFN2O5S. The molecule has 1 saturated carbocycles. The van der Waals surface area contributed by atoms with Gasteiger partial charge < -0.3 is 14.8 Å². The molecule has 0 aliphatic heterocycles. The molecule has 4 aromatic rings. The predicted octanol–water partition coefficient (Wildman–Crippen LogP) is 6.29. The van der Waals surface area contributed by atoms with Gasteiger partial charge >= 0.3 is 0 Å². The van der Waals surface area contributed by atoms with Gasteiger partial charge in [-0.1, -0.05) is 29.8 Å². The molecule has 3 aromatic carbocycles. The van der Waals surface area contributed by atoms with E-state index in [9.17, 15) is 22.7 Å². The lowest BCUT2D eigenvalue weighted by atomic mass is 10.0. The Labute approximate surface area is 230 Å². The molecule has 1 aliphatic rings. The summed E-state index contributed by atoms with van der Waals surface area (Å²) in [5.41, 5.74) is 3.16. The van der Waals surface area contributed by atoms with Crippen molar-refractivity contribution in [2.45, 2.75) is 30.6 Å². The summed E-state index contributed by atoms with van der Waals surface area (Å²) in [6.45, 7) is 3.54. The number of carbonyl (C=O) groups excluding carboxylic acids is 1. The van der Waals surface area contributed by atoms with Crippen molar-refractivity contribution in [3.63, 3.8) is 0 Å². The van der Waals surface area contributed by atoms with E-state index in [1.54, 1.807) is 24.3 Å². The highest BCUT2D eigenvalue weighted by atomic mass is 35.5. The maximum atomic E-state index is 13.5. The first kappa shape index (κ1) is 26.9. The van der Waals surface area contributed by atoms with Crippen molar-refractivity contribution in [3.8, 4) is 11.3 Å². The van der Waals surface area contributed by atoms with Crippen molar-refractivity contribution >= 4 is 44.2 Å². The maximum absolute atomic E-state index is 13.5. The molecule has 1 amide bonds. The minimum atomic E-state index is -3.88. The van der Waals surface area contributed by atoms with Crippen LogP contribution >= 0.6 is 11.6 Å². The van der Waals surface area contributed by atoms with Crippen LogP contribution in [-0.4, -0.2) is 26.5 Å². The first-order chi connectivity index (χ1) is 18.6. The summed E-state index contributed by atoms with van der Waals surface area (Å²) in [4.78, 5) is 12.9. The number of anilines is 1. The van der Waals surface area contributed by atoms with E-state index >= 15 is 0 Å². The van der Waals surface area contributed by atoms with Crippen molar-refractivity contribution in [1.29, 1.82) is 0 Å². The number of aliphatic hydroxyl groups excluding tert-OH is 1. The molecule has 1 atom stereocenters. The summed E-state index contributed by atoms with van der Waals surface area (Å²) in [7, 11) is -2.36. The van der Waals surface area contributed by atoms with Crippen LogP contribution in [0.5, 0.6) is 0 Å². The van der Waals surface area contributed by atoms with Gasteiger partial charge in [-0.15, -0.1) is 6.58 Å². The molecular weight excluding hydrogens is 543 g/mol. The lowest BCUT2D eigenvalue weighted by molar-refractivity contribution is 0.0964. The Kier molecular flexibility index (Phi) is 7.24. The average Bonchev–Trinajstić information content (AvgIpc) is 3.68. The van der Waals surface area contributed by atoms with Crippen LogP contribution in [0.1, 0.15) is 51.9 Å². The standard InChI is InChI=1S/C29H26ClFN2O5S/c1-3-25(34)20-11-4-16(12-23(20)30)15-39(36,37)33-24-14-26-22(13-21(24)17-5-6-17)27(29(35)32-2)28(38-26)18-7-9-19(31)10-8-18/h3-4,7-14,17,25,33-34H,1,5-6,15H2,2H3,(H,32,35). The zero-order valence-electron chi connectivity index (χ0n) is 21.0. The van der Waals surface area contributed by atoms with E-state index in [0.29, 0.717) is 38.9 Å². The molecule has 7 nitrogen and oxygen atoms in total. The van der Waals surface area contributed by atoms with Crippen LogP contribution in [-0.2, 0) is 15.8 Å². The lowest BCUT2D eigenvalue weighted by Crippen LogP contribution is -2.18. The second kappa shape index (κ2) is 10.5. The van der Waals surface area contributed by atoms with Crippen molar-refractivity contribution in [3.05, 3.63) is 100 Å². The Balaban J connectivity index is 1.54. The monoisotopic (exact) mass is 568 g/mol. The summed E-state index contributed by atoms with van der Waals surface area (Å²) >= 11 is 6.26. The minimum absolute atomic E-state index is 0.142. The fourth-order valence-corrected chi connectivity index (χ4v) is 6.10. The van der Waals surface area contributed by atoms with E-state index in [1.807, 2.05) is 0 Å². The number of amides is 1. The highest BCUT2D eigenvalue weighted by molar-refractivity contribution is 7.91. The van der Waals surface area contributed by atoms with E-state index in [-0.39, 0.29) is 28.4 Å². The normalized spacial score (nSPS) is 14.3. The Morgan fingerprint density at radius 2 is 1.92 bits per heavy atom. The van der Waals surface area contributed by atoms with Crippen molar-refractivity contribution in [1.82, 2.24) is 5.32 Å². The van der Waals surface area contributed by atoms with E-state index in [0.717, 1.165) is 18.4 Å². The van der Waals surface area contributed by atoms with Crippen molar-refractivity contribution in [2.75, 3.05) is 11.8 Å². The number of nitrogens with one attached hydrogen (secondary N) is 2. The molecule has 202 valence electrons. The summed E-state index contributed by atoms with van der Waals surface area (Å²) in [5.74, 6) is -0.727. The smallest absolute Gasteiger partial charge is 0.255 e. The van der Waals surface area contributed by atoms with E-state index in [2.05, 4.69) is 16.6 Å². The van der Waals surface area contributed by atoms with Gasteiger partial charge in [0.15, 0.2) is 0 Å².